The predicted octanol–water partition coefficient (Wildman–Crippen LogP) is 9.42. The van der Waals surface area contributed by atoms with Gasteiger partial charge in [-0.1, -0.05) is 91.1 Å². The highest BCUT2D eigenvalue weighted by atomic mass is 15.0. The summed E-state index contributed by atoms with van der Waals surface area (Å²) in [4.78, 5) is 0. The van der Waals surface area contributed by atoms with E-state index in [4.69, 9.17) is 0 Å². The summed E-state index contributed by atoms with van der Waals surface area (Å²) < 4.78 is 2.43. The Morgan fingerprint density at radius 1 is 0.636 bits per heavy atom. The van der Waals surface area contributed by atoms with Gasteiger partial charge < -0.3 is 9.88 Å². The smallest absolute Gasteiger partial charge is 0.0540 e. The number of nitrogens with one attached hydrogen (secondary N) is 1. The molecule has 0 atom stereocenters. The topological polar surface area (TPSA) is 17.0 Å². The third-order valence-corrected chi connectivity index (χ3v) is 9.72. The van der Waals surface area contributed by atoms with Crippen molar-refractivity contribution < 1.29 is 0 Å². The monoisotopic (exact) mass is 566 g/mol. The van der Waals surface area contributed by atoms with Gasteiger partial charge in [-0.15, -0.1) is 0 Å². The van der Waals surface area contributed by atoms with Gasteiger partial charge in [-0.05, 0) is 113 Å². The lowest BCUT2D eigenvalue weighted by atomic mass is 9.83. The summed E-state index contributed by atoms with van der Waals surface area (Å²) in [5.41, 5.74) is 10.4. The molecular weight excluding hydrogens is 532 g/mol. The van der Waals surface area contributed by atoms with E-state index >= 15 is 0 Å². The highest BCUT2D eigenvalue weighted by molar-refractivity contribution is 6.15. The van der Waals surface area contributed by atoms with Crippen LogP contribution in [-0.4, -0.2) is 4.57 Å². The third kappa shape index (κ3) is 4.02. The van der Waals surface area contributed by atoms with Crippen LogP contribution >= 0.6 is 0 Å². The molecule has 212 valence electrons. The van der Waals surface area contributed by atoms with Crippen molar-refractivity contribution in [3.05, 3.63) is 142 Å². The average molecular weight is 567 g/mol. The fourth-order valence-electron chi connectivity index (χ4n) is 7.70. The van der Waals surface area contributed by atoms with Crippen LogP contribution in [0.1, 0.15) is 48.8 Å². The average Bonchev–Trinajstić information content (AvgIpc) is 3.43. The standard InChI is InChI=1S/C42H34N2/c1-4-14-33-28(11-1)21-26-37-32-13-3-2-12-29(32)27-38(42(33)37)34-15-5-8-18-39(34)43-30-22-24-31(25-23-30)44-40-19-9-6-16-35(40)36-17-7-10-20-41(36)44/h1-2,4-6,9,11-12,14-17,19-27,43H,3,7-8,10,13,18H2. The first-order valence-electron chi connectivity index (χ1n) is 16.0. The van der Waals surface area contributed by atoms with Gasteiger partial charge in [-0.3, -0.25) is 0 Å². The van der Waals surface area contributed by atoms with Crippen molar-refractivity contribution in [1.29, 1.82) is 0 Å². The van der Waals surface area contributed by atoms with Crippen LogP contribution in [0.15, 0.2) is 115 Å². The summed E-state index contributed by atoms with van der Waals surface area (Å²) in [6, 6.07) is 33.8. The van der Waals surface area contributed by atoms with E-state index in [0.29, 0.717) is 0 Å². The molecule has 3 aliphatic carbocycles. The van der Waals surface area contributed by atoms with Crippen molar-refractivity contribution in [3.63, 3.8) is 0 Å². The van der Waals surface area contributed by atoms with E-state index in [1.54, 1.807) is 0 Å². The van der Waals surface area contributed by atoms with Crippen LogP contribution in [0.4, 0.5) is 5.69 Å². The minimum Gasteiger partial charge on any atom is -0.358 e. The minimum absolute atomic E-state index is 0.993. The highest BCUT2D eigenvalue weighted by Gasteiger charge is 2.20. The summed E-state index contributed by atoms with van der Waals surface area (Å²) >= 11 is 0. The van der Waals surface area contributed by atoms with E-state index in [-0.39, 0.29) is 0 Å². The second kappa shape index (κ2) is 10.3. The number of benzene rings is 5. The van der Waals surface area contributed by atoms with Crippen LogP contribution < -0.4 is 15.9 Å². The Labute approximate surface area is 257 Å². The number of rotatable bonds is 4. The van der Waals surface area contributed by atoms with Gasteiger partial charge in [-0.25, -0.2) is 0 Å². The van der Waals surface area contributed by atoms with Gasteiger partial charge >= 0.3 is 0 Å². The van der Waals surface area contributed by atoms with E-state index < -0.39 is 0 Å². The van der Waals surface area contributed by atoms with Crippen LogP contribution in [0, 0.1) is 0 Å². The molecule has 0 radical (unpaired) electrons. The van der Waals surface area contributed by atoms with Gasteiger partial charge in [0.05, 0.1) is 5.52 Å². The van der Waals surface area contributed by atoms with Crippen LogP contribution in [0.3, 0.4) is 0 Å². The second-order valence-electron chi connectivity index (χ2n) is 12.3. The summed E-state index contributed by atoms with van der Waals surface area (Å²) in [5, 5.41) is 13.3. The Kier molecular flexibility index (Phi) is 5.94. The van der Waals surface area contributed by atoms with Crippen LogP contribution in [0.5, 0.6) is 0 Å². The Morgan fingerprint density at radius 3 is 2.36 bits per heavy atom. The maximum absolute atomic E-state index is 3.88. The molecule has 3 aliphatic rings. The lowest BCUT2D eigenvalue weighted by Gasteiger charge is -2.23. The zero-order valence-electron chi connectivity index (χ0n) is 24.8. The molecule has 2 nitrogen and oxygen atoms in total. The second-order valence-corrected chi connectivity index (χ2v) is 12.3. The summed E-state index contributed by atoms with van der Waals surface area (Å²) in [5.74, 6) is 0. The van der Waals surface area contributed by atoms with Gasteiger partial charge in [0, 0.05) is 38.6 Å². The molecule has 1 N–H and O–H groups in total. The maximum Gasteiger partial charge on any atom is 0.0540 e. The van der Waals surface area contributed by atoms with Crippen LogP contribution in [-0.2, 0) is 6.42 Å². The lowest BCUT2D eigenvalue weighted by Crippen LogP contribution is -2.30. The first-order valence-corrected chi connectivity index (χ1v) is 16.0. The molecule has 0 saturated carbocycles. The predicted molar refractivity (Wildman–Crippen MR) is 188 cm³/mol. The van der Waals surface area contributed by atoms with Crippen molar-refractivity contribution in [2.24, 2.45) is 0 Å². The van der Waals surface area contributed by atoms with E-state index in [2.05, 4.69) is 137 Å². The zero-order valence-corrected chi connectivity index (χ0v) is 24.8. The molecule has 0 aliphatic heterocycles. The Morgan fingerprint density at radius 2 is 1.43 bits per heavy atom. The Balaban J connectivity index is 1.17. The molecule has 1 aromatic heterocycles. The SMILES string of the molecule is C1=CC(c2cc3c(c4ccc5ccccc5c24)CCC=C3)=C(Nc2ccc(-n3c4c(c5ccccc53)=CCCC=4)cc2)CC1. The number of hydrogen-bond acceptors (Lipinski definition) is 1. The lowest BCUT2D eigenvalue weighted by molar-refractivity contribution is 0.971. The fraction of sp³-hybridized carbons (Fsp3) is 0.143. The van der Waals surface area contributed by atoms with E-state index in [0.717, 1.165) is 44.2 Å². The van der Waals surface area contributed by atoms with Crippen LogP contribution in [0.25, 0.3) is 61.9 Å². The third-order valence-electron chi connectivity index (χ3n) is 9.72. The molecule has 9 rings (SSSR count). The van der Waals surface area contributed by atoms with E-state index in [1.165, 1.54) is 76.7 Å². The van der Waals surface area contributed by atoms with Gasteiger partial charge in [-0.2, -0.15) is 0 Å². The maximum atomic E-state index is 3.88. The molecule has 0 fully saturated rings. The summed E-state index contributed by atoms with van der Waals surface area (Å²) in [6.45, 7) is 0. The van der Waals surface area contributed by atoms with Gasteiger partial charge in [0.15, 0.2) is 0 Å². The first-order chi connectivity index (χ1) is 21.8. The summed E-state index contributed by atoms with van der Waals surface area (Å²) in [6.07, 6.45) is 20.6. The van der Waals surface area contributed by atoms with Crippen LogP contribution in [0.2, 0.25) is 0 Å². The van der Waals surface area contributed by atoms with E-state index in [1.807, 2.05) is 0 Å². The number of aromatic nitrogens is 1. The molecule has 0 amide bonds. The van der Waals surface area contributed by atoms with Crippen molar-refractivity contribution in [2.45, 2.75) is 38.5 Å². The van der Waals surface area contributed by atoms with E-state index in [9.17, 15) is 0 Å². The Hall–Kier alpha value is -5.08. The number of aryl methyl sites for hydroxylation is 1. The number of allylic oxidation sites excluding steroid dienone is 5. The first kappa shape index (κ1) is 25.4. The molecule has 0 spiro atoms. The molecule has 0 unspecified atom stereocenters. The number of hydrogen-bond donors (Lipinski definition) is 1. The molecule has 5 aromatic carbocycles. The highest BCUT2D eigenvalue weighted by Crippen LogP contribution is 2.41. The fourth-order valence-corrected chi connectivity index (χ4v) is 7.70. The van der Waals surface area contributed by atoms with Crippen molar-refractivity contribution in [2.75, 3.05) is 5.32 Å². The molecule has 6 aromatic rings. The normalized spacial score (nSPS) is 15.7. The molecular formula is C42H34N2. The quantitative estimate of drug-likeness (QED) is 0.210. The largest absolute Gasteiger partial charge is 0.358 e. The minimum atomic E-state index is 0.993. The molecule has 1 heterocycles. The number of para-hydroxylation sites is 1. The Bertz CT molecular complexity index is 2340. The van der Waals surface area contributed by atoms with Crippen molar-refractivity contribution >= 4 is 61.9 Å². The molecule has 2 heteroatoms. The van der Waals surface area contributed by atoms with Crippen molar-refractivity contribution in [3.8, 4) is 5.69 Å². The van der Waals surface area contributed by atoms with Crippen molar-refractivity contribution in [1.82, 2.24) is 4.57 Å². The number of nitrogens with zero attached hydrogens (tertiary/aromatic N) is 1. The van der Waals surface area contributed by atoms with Gasteiger partial charge in [0.1, 0.15) is 0 Å². The summed E-state index contributed by atoms with van der Waals surface area (Å²) in [7, 11) is 0. The zero-order chi connectivity index (χ0) is 29.0. The van der Waals surface area contributed by atoms with Gasteiger partial charge in [0.25, 0.3) is 0 Å². The molecule has 0 bridgehead atoms. The number of anilines is 1. The molecule has 44 heavy (non-hydrogen) atoms. The van der Waals surface area contributed by atoms with Gasteiger partial charge in [0.2, 0.25) is 0 Å². The molecule has 0 saturated heterocycles. The number of fused-ring (bicyclic) bond motifs is 8.